The molecule has 0 unspecified atom stereocenters. The van der Waals surface area contributed by atoms with Crippen LogP contribution in [-0.2, 0) is 20.9 Å². The first-order chi connectivity index (χ1) is 11.6. The highest BCUT2D eigenvalue weighted by molar-refractivity contribution is 5.95. The second-order valence-electron chi connectivity index (χ2n) is 5.83. The number of amides is 2. The number of carbonyl (C=O) groups is 2. The molecule has 0 saturated carbocycles. The van der Waals surface area contributed by atoms with Crippen molar-refractivity contribution in [1.82, 2.24) is 4.90 Å². The van der Waals surface area contributed by atoms with Gasteiger partial charge >= 0.3 is 0 Å². The normalized spacial score (nSPS) is 15.4. The lowest BCUT2D eigenvalue weighted by Crippen LogP contribution is -2.36. The smallest absolute Gasteiger partial charge is 0.269 e. The largest absolute Gasteiger partial charge is 0.377 e. The Morgan fingerprint density at radius 1 is 1.04 bits per heavy atom. The monoisotopic (exact) mass is 334 g/mol. The van der Waals surface area contributed by atoms with Gasteiger partial charge in [0.25, 0.3) is 5.69 Å². The molecule has 0 bridgehead atoms. The van der Waals surface area contributed by atoms with Crippen LogP contribution >= 0.6 is 0 Å². The summed E-state index contributed by atoms with van der Waals surface area (Å²) >= 11 is 0. The van der Waals surface area contributed by atoms with Gasteiger partial charge in [-0.1, -0.05) is 0 Å². The summed E-state index contributed by atoms with van der Waals surface area (Å²) in [4.78, 5) is 35.2. The van der Waals surface area contributed by atoms with Crippen LogP contribution in [0.5, 0.6) is 0 Å². The van der Waals surface area contributed by atoms with Gasteiger partial charge in [0.15, 0.2) is 0 Å². The van der Waals surface area contributed by atoms with Crippen LogP contribution in [0.3, 0.4) is 0 Å². The third kappa shape index (κ3) is 5.42. The van der Waals surface area contributed by atoms with Gasteiger partial charge in [-0.3, -0.25) is 24.6 Å². The summed E-state index contributed by atoms with van der Waals surface area (Å²) in [7, 11) is 0. The van der Waals surface area contributed by atoms with Gasteiger partial charge in [-0.25, -0.2) is 0 Å². The van der Waals surface area contributed by atoms with Crippen molar-refractivity contribution in [3.8, 4) is 0 Å². The first-order valence-corrected chi connectivity index (χ1v) is 8.22. The number of hydrogen-bond donors (Lipinski definition) is 0. The van der Waals surface area contributed by atoms with Gasteiger partial charge < -0.3 is 4.74 Å². The predicted octanol–water partition coefficient (Wildman–Crippen LogP) is 2.82. The lowest BCUT2D eigenvalue weighted by molar-refractivity contribution is -0.384. The SMILES string of the molecule is O=C1CCCCC(=O)N1CCCCOCc1ccc([N+](=O)[O-])cc1. The van der Waals surface area contributed by atoms with Gasteiger partial charge in [0.05, 0.1) is 11.5 Å². The quantitative estimate of drug-likeness (QED) is 0.315. The van der Waals surface area contributed by atoms with E-state index >= 15 is 0 Å². The number of rotatable bonds is 8. The topological polar surface area (TPSA) is 89.8 Å². The summed E-state index contributed by atoms with van der Waals surface area (Å²) in [5.41, 5.74) is 0.934. The zero-order valence-electron chi connectivity index (χ0n) is 13.6. The van der Waals surface area contributed by atoms with Crippen molar-refractivity contribution in [3.05, 3.63) is 39.9 Å². The molecular weight excluding hydrogens is 312 g/mol. The Kier molecular flexibility index (Phi) is 6.87. The standard InChI is InChI=1S/C17H22N2O5/c20-16-5-1-2-6-17(21)18(16)11-3-4-12-24-13-14-7-9-15(10-8-14)19(22)23/h7-10H,1-6,11-13H2. The van der Waals surface area contributed by atoms with E-state index in [2.05, 4.69) is 0 Å². The van der Waals surface area contributed by atoms with Crippen LogP contribution in [0.15, 0.2) is 24.3 Å². The Hall–Kier alpha value is -2.28. The summed E-state index contributed by atoms with van der Waals surface area (Å²) in [5.74, 6) is -0.131. The molecule has 0 N–H and O–H groups in total. The minimum atomic E-state index is -0.434. The maximum atomic E-state index is 11.8. The molecule has 1 aromatic carbocycles. The number of likely N-dealkylation sites (tertiary alicyclic amines) is 1. The number of nitro groups is 1. The van der Waals surface area contributed by atoms with Crippen LogP contribution in [0.2, 0.25) is 0 Å². The van der Waals surface area contributed by atoms with Gasteiger partial charge in [0.1, 0.15) is 0 Å². The second-order valence-corrected chi connectivity index (χ2v) is 5.83. The Morgan fingerprint density at radius 3 is 2.25 bits per heavy atom. The molecule has 1 saturated heterocycles. The highest BCUT2D eigenvalue weighted by Crippen LogP contribution is 2.14. The van der Waals surface area contributed by atoms with Crippen molar-refractivity contribution in [2.75, 3.05) is 13.2 Å². The summed E-state index contributed by atoms with van der Waals surface area (Å²) in [6, 6.07) is 6.25. The maximum Gasteiger partial charge on any atom is 0.269 e. The molecule has 1 aliphatic rings. The fraction of sp³-hybridized carbons (Fsp3) is 0.529. The van der Waals surface area contributed by atoms with Crippen molar-refractivity contribution in [1.29, 1.82) is 0 Å². The van der Waals surface area contributed by atoms with Crippen molar-refractivity contribution >= 4 is 17.5 Å². The average molecular weight is 334 g/mol. The molecule has 1 aliphatic heterocycles. The number of nitrogens with zero attached hydrogens (tertiary/aromatic N) is 2. The number of nitro benzene ring substituents is 1. The van der Waals surface area contributed by atoms with E-state index in [4.69, 9.17) is 4.74 Å². The van der Waals surface area contributed by atoms with E-state index in [-0.39, 0.29) is 17.5 Å². The third-order valence-electron chi connectivity index (χ3n) is 3.97. The summed E-state index contributed by atoms with van der Waals surface area (Å²) < 4.78 is 5.53. The molecule has 2 rings (SSSR count). The van der Waals surface area contributed by atoms with Crippen molar-refractivity contribution in [2.24, 2.45) is 0 Å². The van der Waals surface area contributed by atoms with Crippen LogP contribution in [0, 0.1) is 10.1 Å². The van der Waals surface area contributed by atoms with Crippen molar-refractivity contribution in [2.45, 2.75) is 45.1 Å². The molecule has 1 aromatic rings. The van der Waals surface area contributed by atoms with Crippen LogP contribution in [0.1, 0.15) is 44.1 Å². The van der Waals surface area contributed by atoms with Gasteiger partial charge in [-0.05, 0) is 43.4 Å². The molecule has 0 aliphatic carbocycles. The summed E-state index contributed by atoms with van der Waals surface area (Å²) in [6.07, 6.45) is 3.98. The number of hydrogen-bond acceptors (Lipinski definition) is 5. The van der Waals surface area contributed by atoms with E-state index in [1.54, 1.807) is 12.1 Å². The van der Waals surface area contributed by atoms with Crippen LogP contribution in [0.25, 0.3) is 0 Å². The minimum Gasteiger partial charge on any atom is -0.377 e. The molecule has 2 amide bonds. The van der Waals surface area contributed by atoms with Crippen LogP contribution < -0.4 is 0 Å². The van der Waals surface area contributed by atoms with Crippen LogP contribution in [0.4, 0.5) is 5.69 Å². The first-order valence-electron chi connectivity index (χ1n) is 8.22. The Balaban J connectivity index is 1.63. The Morgan fingerprint density at radius 2 is 1.67 bits per heavy atom. The zero-order chi connectivity index (χ0) is 17.4. The Bertz CT molecular complexity index is 567. The van der Waals surface area contributed by atoms with E-state index in [1.807, 2.05) is 0 Å². The molecule has 130 valence electrons. The zero-order valence-corrected chi connectivity index (χ0v) is 13.6. The number of imide groups is 1. The molecule has 0 spiro atoms. The lowest BCUT2D eigenvalue weighted by atomic mass is 10.2. The fourth-order valence-electron chi connectivity index (χ4n) is 2.59. The van der Waals surface area contributed by atoms with Gasteiger partial charge in [0, 0.05) is 38.1 Å². The first kappa shape index (κ1) is 18.1. The molecule has 7 nitrogen and oxygen atoms in total. The van der Waals surface area contributed by atoms with Gasteiger partial charge in [0.2, 0.25) is 11.8 Å². The molecular formula is C17H22N2O5. The molecule has 24 heavy (non-hydrogen) atoms. The molecule has 0 aromatic heterocycles. The van der Waals surface area contributed by atoms with E-state index in [9.17, 15) is 19.7 Å². The van der Waals surface area contributed by atoms with E-state index < -0.39 is 4.92 Å². The average Bonchev–Trinajstić information content (AvgIpc) is 2.73. The van der Waals surface area contributed by atoms with Gasteiger partial charge in [-0.15, -0.1) is 0 Å². The van der Waals surface area contributed by atoms with Crippen LogP contribution in [-0.4, -0.2) is 34.8 Å². The van der Waals surface area contributed by atoms with E-state index in [0.717, 1.165) is 31.2 Å². The minimum absolute atomic E-state index is 0.0607. The van der Waals surface area contributed by atoms with E-state index in [0.29, 0.717) is 32.6 Å². The third-order valence-corrected chi connectivity index (χ3v) is 3.97. The van der Waals surface area contributed by atoms with E-state index in [1.165, 1.54) is 17.0 Å². The highest BCUT2D eigenvalue weighted by atomic mass is 16.6. The summed E-state index contributed by atoms with van der Waals surface area (Å²) in [5, 5.41) is 10.6. The number of non-ortho nitro benzene ring substituents is 1. The predicted molar refractivity (Wildman–Crippen MR) is 87.2 cm³/mol. The van der Waals surface area contributed by atoms with Crippen molar-refractivity contribution < 1.29 is 19.2 Å². The maximum absolute atomic E-state index is 11.8. The number of benzene rings is 1. The molecule has 0 radical (unpaired) electrons. The van der Waals surface area contributed by atoms with Gasteiger partial charge in [-0.2, -0.15) is 0 Å². The number of unbranched alkanes of at least 4 members (excludes halogenated alkanes) is 1. The Labute approximate surface area is 140 Å². The number of carbonyl (C=O) groups excluding carboxylic acids is 2. The molecule has 1 heterocycles. The fourth-order valence-corrected chi connectivity index (χ4v) is 2.59. The summed E-state index contributed by atoms with van der Waals surface area (Å²) in [6.45, 7) is 1.37. The highest BCUT2D eigenvalue weighted by Gasteiger charge is 2.23. The second kappa shape index (κ2) is 9.12. The molecule has 0 atom stereocenters. The molecule has 7 heteroatoms. The molecule has 1 fully saturated rings. The van der Waals surface area contributed by atoms with Crippen molar-refractivity contribution in [3.63, 3.8) is 0 Å². The number of ether oxygens (including phenoxy) is 1. The lowest BCUT2D eigenvalue weighted by Gasteiger charge is -2.18.